The lowest BCUT2D eigenvalue weighted by atomic mass is 9.97. The summed E-state index contributed by atoms with van der Waals surface area (Å²) >= 11 is 0. The number of H-pyrrole nitrogens is 1. The third-order valence-electron chi connectivity index (χ3n) is 4.08. The summed E-state index contributed by atoms with van der Waals surface area (Å²) in [6.07, 6.45) is 2.47. The average Bonchev–Trinajstić information content (AvgIpc) is 3.25. The van der Waals surface area contributed by atoms with Crippen molar-refractivity contribution in [1.29, 1.82) is 0 Å². The summed E-state index contributed by atoms with van der Waals surface area (Å²) in [6, 6.07) is 16.2. The lowest BCUT2D eigenvalue weighted by Crippen LogP contribution is -1.99. The van der Waals surface area contributed by atoms with Gasteiger partial charge in [0, 0.05) is 16.6 Å². The molecule has 3 heteroatoms. The monoisotopic (exact) mass is 276 g/mol. The highest BCUT2D eigenvalue weighted by atomic mass is 16.4. The van der Waals surface area contributed by atoms with Crippen molar-refractivity contribution in [3.63, 3.8) is 0 Å². The van der Waals surface area contributed by atoms with Gasteiger partial charge in [0.2, 0.25) is 0 Å². The zero-order valence-electron chi connectivity index (χ0n) is 11.4. The number of carboxylic acid groups (broad SMARTS) is 1. The number of rotatable bonds is 3. The fourth-order valence-electron chi connectivity index (χ4n) is 2.86. The van der Waals surface area contributed by atoms with Crippen molar-refractivity contribution in [3.8, 4) is 11.1 Å². The lowest BCUT2D eigenvalue weighted by Gasteiger charge is -2.07. The second-order valence-electron chi connectivity index (χ2n) is 5.55. The quantitative estimate of drug-likeness (QED) is 0.752. The molecule has 0 spiro atoms. The standard InChI is InChI=1S/C18H14NO2/c20-18(21)14-5-2-1-4-12(14)13-6-3-7-16-15(13)10-17(19-16)11-8-9-11/h1-2,4-7,10-11,19H,8-9H2,(H,20,21). The number of carbonyl (C=O) groups is 1. The molecule has 2 aromatic carbocycles. The SMILES string of the molecule is O=C(O)c1ccccc1-c1c[c]cc2[nH]c(C3CC3)cc12. The van der Waals surface area contributed by atoms with Crippen LogP contribution in [0.2, 0.25) is 0 Å². The van der Waals surface area contributed by atoms with E-state index in [0.29, 0.717) is 11.5 Å². The van der Waals surface area contributed by atoms with Gasteiger partial charge in [-0.2, -0.15) is 0 Å². The Morgan fingerprint density at radius 1 is 1.19 bits per heavy atom. The predicted octanol–water partition coefficient (Wildman–Crippen LogP) is 4.21. The van der Waals surface area contributed by atoms with Crippen molar-refractivity contribution >= 4 is 16.9 Å². The zero-order valence-corrected chi connectivity index (χ0v) is 11.4. The highest BCUT2D eigenvalue weighted by molar-refractivity contribution is 6.03. The average molecular weight is 276 g/mol. The minimum absolute atomic E-state index is 0.326. The Kier molecular flexibility index (Phi) is 2.61. The molecule has 0 saturated heterocycles. The van der Waals surface area contributed by atoms with E-state index in [9.17, 15) is 9.90 Å². The first-order valence-corrected chi connectivity index (χ1v) is 7.09. The van der Waals surface area contributed by atoms with E-state index < -0.39 is 5.97 Å². The van der Waals surface area contributed by atoms with Gasteiger partial charge in [0.1, 0.15) is 0 Å². The fraction of sp³-hybridized carbons (Fsp3) is 0.167. The number of aromatic nitrogens is 1. The Morgan fingerprint density at radius 2 is 2.00 bits per heavy atom. The zero-order chi connectivity index (χ0) is 14.4. The molecule has 0 unspecified atom stereocenters. The maximum atomic E-state index is 11.4. The summed E-state index contributed by atoms with van der Waals surface area (Å²) in [5.41, 5.74) is 4.27. The van der Waals surface area contributed by atoms with Crippen LogP contribution >= 0.6 is 0 Å². The Labute approximate surface area is 122 Å². The molecular weight excluding hydrogens is 262 g/mol. The molecule has 1 aliphatic carbocycles. The van der Waals surface area contributed by atoms with Crippen LogP contribution in [0.5, 0.6) is 0 Å². The van der Waals surface area contributed by atoms with Crippen LogP contribution in [0.4, 0.5) is 0 Å². The smallest absolute Gasteiger partial charge is 0.336 e. The van der Waals surface area contributed by atoms with Gasteiger partial charge in [-0.05, 0) is 60.2 Å². The minimum atomic E-state index is -0.902. The normalized spacial score (nSPS) is 14.5. The van der Waals surface area contributed by atoms with Gasteiger partial charge < -0.3 is 10.1 Å². The second kappa shape index (κ2) is 4.48. The van der Waals surface area contributed by atoms with Crippen LogP contribution in [-0.2, 0) is 0 Å². The minimum Gasteiger partial charge on any atom is -0.478 e. The van der Waals surface area contributed by atoms with Crippen LogP contribution in [0.15, 0.2) is 42.5 Å². The number of carboxylic acids is 1. The highest BCUT2D eigenvalue weighted by Crippen LogP contribution is 2.42. The third-order valence-corrected chi connectivity index (χ3v) is 4.08. The summed E-state index contributed by atoms with van der Waals surface area (Å²) < 4.78 is 0. The van der Waals surface area contributed by atoms with Gasteiger partial charge in [-0.15, -0.1) is 0 Å². The molecule has 0 atom stereocenters. The van der Waals surface area contributed by atoms with Gasteiger partial charge in [-0.3, -0.25) is 0 Å². The number of fused-ring (bicyclic) bond motifs is 1. The van der Waals surface area contributed by atoms with E-state index >= 15 is 0 Å². The second-order valence-corrected chi connectivity index (χ2v) is 5.55. The van der Waals surface area contributed by atoms with Crippen LogP contribution in [0.25, 0.3) is 22.0 Å². The summed E-state index contributed by atoms with van der Waals surface area (Å²) in [5.74, 6) is -0.263. The van der Waals surface area contributed by atoms with E-state index in [0.717, 1.165) is 22.0 Å². The van der Waals surface area contributed by atoms with Gasteiger partial charge >= 0.3 is 5.97 Å². The first-order chi connectivity index (χ1) is 10.2. The topological polar surface area (TPSA) is 53.1 Å². The summed E-state index contributed by atoms with van der Waals surface area (Å²) in [6.45, 7) is 0. The number of aromatic carboxylic acids is 1. The van der Waals surface area contributed by atoms with Gasteiger partial charge in [-0.25, -0.2) is 4.79 Å². The Morgan fingerprint density at radius 3 is 2.76 bits per heavy atom. The van der Waals surface area contributed by atoms with E-state index in [1.807, 2.05) is 24.3 Å². The molecule has 1 saturated carbocycles. The molecular formula is C18H14NO2. The van der Waals surface area contributed by atoms with E-state index in [4.69, 9.17) is 0 Å². The summed E-state index contributed by atoms with van der Waals surface area (Å²) in [5, 5.41) is 10.5. The molecule has 1 heterocycles. The van der Waals surface area contributed by atoms with Crippen molar-refractivity contribution in [2.75, 3.05) is 0 Å². The third kappa shape index (κ3) is 2.02. The molecule has 3 nitrogen and oxygen atoms in total. The van der Waals surface area contributed by atoms with Crippen molar-refractivity contribution in [2.45, 2.75) is 18.8 Å². The van der Waals surface area contributed by atoms with Crippen molar-refractivity contribution in [3.05, 3.63) is 59.8 Å². The van der Waals surface area contributed by atoms with Gasteiger partial charge in [-0.1, -0.05) is 18.2 Å². The summed E-state index contributed by atoms with van der Waals surface area (Å²) in [4.78, 5) is 14.9. The first kappa shape index (κ1) is 12.2. The van der Waals surface area contributed by atoms with Gasteiger partial charge in [0.05, 0.1) is 5.56 Å². The Hall–Kier alpha value is -2.55. The van der Waals surface area contributed by atoms with Crippen molar-refractivity contribution in [1.82, 2.24) is 4.98 Å². The number of hydrogen-bond donors (Lipinski definition) is 2. The van der Waals surface area contributed by atoms with E-state index in [1.54, 1.807) is 12.1 Å². The molecule has 0 bridgehead atoms. The van der Waals surface area contributed by atoms with Crippen LogP contribution in [0.1, 0.15) is 34.8 Å². The van der Waals surface area contributed by atoms with E-state index in [-0.39, 0.29) is 0 Å². The molecule has 21 heavy (non-hydrogen) atoms. The number of nitrogens with one attached hydrogen (secondary N) is 1. The first-order valence-electron chi connectivity index (χ1n) is 7.09. The van der Waals surface area contributed by atoms with Crippen molar-refractivity contribution < 1.29 is 9.90 Å². The van der Waals surface area contributed by atoms with Crippen LogP contribution < -0.4 is 0 Å². The molecule has 4 rings (SSSR count). The molecule has 103 valence electrons. The maximum Gasteiger partial charge on any atom is 0.336 e. The summed E-state index contributed by atoms with van der Waals surface area (Å²) in [7, 11) is 0. The molecule has 1 aromatic heterocycles. The maximum absolute atomic E-state index is 11.4. The predicted molar refractivity (Wildman–Crippen MR) is 81.5 cm³/mol. The number of hydrogen-bond acceptors (Lipinski definition) is 1. The molecule has 1 radical (unpaired) electrons. The molecule has 3 aromatic rings. The van der Waals surface area contributed by atoms with Crippen molar-refractivity contribution in [2.24, 2.45) is 0 Å². The fourth-order valence-corrected chi connectivity index (χ4v) is 2.86. The van der Waals surface area contributed by atoms with Crippen LogP contribution in [0, 0.1) is 6.07 Å². The molecule has 0 aliphatic heterocycles. The molecule has 1 aliphatic rings. The molecule has 0 amide bonds. The Balaban J connectivity index is 1.96. The van der Waals surface area contributed by atoms with Crippen LogP contribution in [-0.4, -0.2) is 16.1 Å². The van der Waals surface area contributed by atoms with E-state index in [1.165, 1.54) is 18.5 Å². The Bertz CT molecular complexity index is 843. The van der Waals surface area contributed by atoms with Gasteiger partial charge in [0.25, 0.3) is 0 Å². The lowest BCUT2D eigenvalue weighted by molar-refractivity contribution is 0.0698. The van der Waals surface area contributed by atoms with Gasteiger partial charge in [0.15, 0.2) is 0 Å². The molecule has 1 fully saturated rings. The van der Waals surface area contributed by atoms with Crippen LogP contribution in [0.3, 0.4) is 0 Å². The highest BCUT2D eigenvalue weighted by Gasteiger charge is 2.25. The largest absolute Gasteiger partial charge is 0.478 e. The molecule has 2 N–H and O–H groups in total. The van der Waals surface area contributed by atoms with E-state index in [2.05, 4.69) is 17.1 Å². The number of aromatic amines is 1. The number of benzene rings is 2.